The maximum absolute atomic E-state index is 12.0. The van der Waals surface area contributed by atoms with E-state index in [0.717, 1.165) is 4.70 Å². The maximum atomic E-state index is 12.0. The van der Waals surface area contributed by atoms with Crippen LogP contribution in [0.1, 0.15) is 31.1 Å². The number of ether oxygens (including phenoxy) is 3. The van der Waals surface area contributed by atoms with Gasteiger partial charge >= 0.3 is 12.1 Å². The third-order valence-electron chi connectivity index (χ3n) is 3.62. The van der Waals surface area contributed by atoms with E-state index in [0.29, 0.717) is 29.9 Å². The predicted molar refractivity (Wildman–Crippen MR) is 93.2 cm³/mol. The van der Waals surface area contributed by atoms with Crippen LogP contribution in [0.3, 0.4) is 0 Å². The van der Waals surface area contributed by atoms with Crippen molar-refractivity contribution < 1.29 is 23.8 Å². The van der Waals surface area contributed by atoms with Crippen molar-refractivity contribution in [2.24, 2.45) is 0 Å². The van der Waals surface area contributed by atoms with Gasteiger partial charge in [-0.3, -0.25) is 0 Å². The standard InChI is InChI=1S/C17H20N2O5S/c1-17(2,3)24-16(21)19-7-11(8-19)23-12-5-10(15(20)22-4)6-13-14(12)18-9-25-13/h5-6,9,11H,7-8H2,1-4H3. The SMILES string of the molecule is COC(=O)c1cc(OC2CN(C(=O)OC(C)(C)C)C2)c2ncsc2c1. The zero-order valence-electron chi connectivity index (χ0n) is 14.6. The van der Waals surface area contributed by atoms with E-state index in [1.54, 1.807) is 22.5 Å². The summed E-state index contributed by atoms with van der Waals surface area (Å²) in [7, 11) is 1.34. The minimum absolute atomic E-state index is 0.162. The van der Waals surface area contributed by atoms with Crippen LogP contribution in [0.15, 0.2) is 17.6 Å². The van der Waals surface area contributed by atoms with E-state index in [9.17, 15) is 9.59 Å². The molecule has 134 valence electrons. The van der Waals surface area contributed by atoms with Gasteiger partial charge in [-0.15, -0.1) is 11.3 Å². The second kappa shape index (κ2) is 6.51. The Morgan fingerprint density at radius 2 is 2.00 bits per heavy atom. The molecule has 0 unspecified atom stereocenters. The summed E-state index contributed by atoms with van der Waals surface area (Å²) in [4.78, 5) is 29.7. The number of amides is 1. The quantitative estimate of drug-likeness (QED) is 0.779. The van der Waals surface area contributed by atoms with Crippen LogP contribution in [0.4, 0.5) is 4.79 Å². The molecule has 2 aromatic rings. The minimum atomic E-state index is -0.523. The molecule has 1 aliphatic heterocycles. The van der Waals surface area contributed by atoms with Crippen molar-refractivity contribution in [3.8, 4) is 5.75 Å². The Balaban J connectivity index is 1.69. The average molecular weight is 364 g/mol. The number of esters is 1. The maximum Gasteiger partial charge on any atom is 0.410 e. The van der Waals surface area contributed by atoms with Gasteiger partial charge in [-0.1, -0.05) is 0 Å². The molecule has 25 heavy (non-hydrogen) atoms. The number of hydrogen-bond donors (Lipinski definition) is 0. The fourth-order valence-electron chi connectivity index (χ4n) is 2.43. The van der Waals surface area contributed by atoms with E-state index in [4.69, 9.17) is 14.2 Å². The number of hydrogen-bond acceptors (Lipinski definition) is 7. The van der Waals surface area contributed by atoms with Crippen molar-refractivity contribution in [3.05, 3.63) is 23.2 Å². The van der Waals surface area contributed by atoms with Crippen LogP contribution in [-0.4, -0.2) is 53.9 Å². The van der Waals surface area contributed by atoms with E-state index in [1.165, 1.54) is 18.4 Å². The monoisotopic (exact) mass is 364 g/mol. The number of carbonyl (C=O) groups excluding carboxylic acids is 2. The molecule has 1 amide bonds. The van der Waals surface area contributed by atoms with E-state index >= 15 is 0 Å². The van der Waals surface area contributed by atoms with E-state index < -0.39 is 11.6 Å². The molecule has 0 bridgehead atoms. The molecule has 7 nitrogen and oxygen atoms in total. The Bertz CT molecular complexity index is 805. The van der Waals surface area contributed by atoms with Crippen LogP contribution in [0.5, 0.6) is 5.75 Å². The predicted octanol–water partition coefficient (Wildman–Crippen LogP) is 3.08. The molecule has 1 aliphatic rings. The van der Waals surface area contributed by atoms with Crippen molar-refractivity contribution >= 4 is 33.6 Å². The Hall–Kier alpha value is -2.35. The van der Waals surface area contributed by atoms with Gasteiger partial charge in [-0.25, -0.2) is 14.6 Å². The van der Waals surface area contributed by atoms with Crippen molar-refractivity contribution in [1.29, 1.82) is 0 Å². The molecular formula is C17H20N2O5S. The zero-order chi connectivity index (χ0) is 18.2. The first-order valence-corrected chi connectivity index (χ1v) is 8.75. The van der Waals surface area contributed by atoms with Gasteiger partial charge in [0.15, 0.2) is 0 Å². The first-order chi connectivity index (χ1) is 11.8. The Kier molecular flexibility index (Phi) is 4.55. The number of fused-ring (bicyclic) bond motifs is 1. The highest BCUT2D eigenvalue weighted by Crippen LogP contribution is 2.31. The van der Waals surface area contributed by atoms with Crippen molar-refractivity contribution in [2.75, 3.05) is 20.2 Å². The van der Waals surface area contributed by atoms with E-state index in [1.807, 2.05) is 20.8 Å². The summed E-state index contributed by atoms with van der Waals surface area (Å²) in [5, 5.41) is 0. The van der Waals surface area contributed by atoms with E-state index in [2.05, 4.69) is 4.98 Å². The molecule has 1 aromatic carbocycles. The van der Waals surface area contributed by atoms with Crippen LogP contribution < -0.4 is 4.74 Å². The first kappa shape index (κ1) is 17.5. The highest BCUT2D eigenvalue weighted by Gasteiger charge is 2.35. The topological polar surface area (TPSA) is 78.0 Å². The lowest BCUT2D eigenvalue weighted by Crippen LogP contribution is -2.57. The Morgan fingerprint density at radius 1 is 1.28 bits per heavy atom. The summed E-state index contributed by atoms with van der Waals surface area (Å²) in [5.74, 6) is 0.0946. The minimum Gasteiger partial charge on any atom is -0.484 e. The Labute approximate surface area is 149 Å². The molecule has 0 N–H and O–H groups in total. The highest BCUT2D eigenvalue weighted by atomic mass is 32.1. The Morgan fingerprint density at radius 3 is 2.64 bits per heavy atom. The molecule has 0 atom stereocenters. The molecule has 1 fully saturated rings. The smallest absolute Gasteiger partial charge is 0.410 e. The van der Waals surface area contributed by atoms with Gasteiger partial charge in [0.1, 0.15) is 23.0 Å². The van der Waals surface area contributed by atoms with Gasteiger partial charge in [0, 0.05) is 0 Å². The largest absolute Gasteiger partial charge is 0.484 e. The molecule has 0 spiro atoms. The van der Waals surface area contributed by atoms with Crippen LogP contribution in [0.2, 0.25) is 0 Å². The summed E-state index contributed by atoms with van der Waals surface area (Å²) >= 11 is 1.42. The van der Waals surface area contributed by atoms with Gasteiger partial charge < -0.3 is 19.1 Å². The number of thiazole rings is 1. The van der Waals surface area contributed by atoms with Crippen molar-refractivity contribution in [2.45, 2.75) is 32.5 Å². The molecule has 2 heterocycles. The second-order valence-corrected chi connectivity index (χ2v) is 7.68. The lowest BCUT2D eigenvalue weighted by atomic mass is 10.1. The number of rotatable bonds is 3. The lowest BCUT2D eigenvalue weighted by molar-refractivity contribution is -0.0218. The number of benzene rings is 1. The second-order valence-electron chi connectivity index (χ2n) is 6.79. The summed E-state index contributed by atoms with van der Waals surface area (Å²) in [5.41, 5.74) is 2.29. The van der Waals surface area contributed by atoms with Crippen LogP contribution in [-0.2, 0) is 9.47 Å². The van der Waals surface area contributed by atoms with Gasteiger partial charge in [0.05, 0.1) is 36.0 Å². The molecule has 0 radical (unpaired) electrons. The summed E-state index contributed by atoms with van der Waals surface area (Å²) in [6, 6.07) is 3.36. The van der Waals surface area contributed by atoms with Crippen molar-refractivity contribution in [3.63, 3.8) is 0 Å². The third kappa shape index (κ3) is 3.84. The molecule has 0 saturated carbocycles. The number of aromatic nitrogens is 1. The van der Waals surface area contributed by atoms with Gasteiger partial charge in [0.25, 0.3) is 0 Å². The summed E-state index contributed by atoms with van der Waals surface area (Å²) in [6.45, 7) is 6.36. The zero-order valence-corrected chi connectivity index (χ0v) is 15.4. The first-order valence-electron chi connectivity index (χ1n) is 7.87. The number of methoxy groups -OCH3 is 1. The fraction of sp³-hybridized carbons (Fsp3) is 0.471. The van der Waals surface area contributed by atoms with Crippen LogP contribution in [0, 0.1) is 0 Å². The summed E-state index contributed by atoms with van der Waals surface area (Å²) in [6.07, 6.45) is -0.514. The van der Waals surface area contributed by atoms with Gasteiger partial charge in [0.2, 0.25) is 0 Å². The van der Waals surface area contributed by atoms with Crippen LogP contribution >= 0.6 is 11.3 Å². The van der Waals surface area contributed by atoms with Gasteiger partial charge in [-0.2, -0.15) is 0 Å². The lowest BCUT2D eigenvalue weighted by Gasteiger charge is -2.39. The average Bonchev–Trinajstić information content (AvgIpc) is 2.95. The van der Waals surface area contributed by atoms with Crippen molar-refractivity contribution in [1.82, 2.24) is 9.88 Å². The molecule has 8 heteroatoms. The molecule has 1 saturated heterocycles. The number of likely N-dealkylation sites (tertiary alicyclic amines) is 1. The summed E-state index contributed by atoms with van der Waals surface area (Å²) < 4.78 is 16.9. The van der Waals surface area contributed by atoms with E-state index in [-0.39, 0.29) is 12.2 Å². The number of nitrogens with zero attached hydrogens (tertiary/aromatic N) is 2. The molecule has 0 aliphatic carbocycles. The number of carbonyl (C=O) groups is 2. The third-order valence-corrected chi connectivity index (χ3v) is 4.39. The van der Waals surface area contributed by atoms with Crippen LogP contribution in [0.25, 0.3) is 10.2 Å². The normalized spacial score (nSPS) is 15.0. The molecule has 1 aromatic heterocycles. The van der Waals surface area contributed by atoms with Gasteiger partial charge in [-0.05, 0) is 32.9 Å². The highest BCUT2D eigenvalue weighted by molar-refractivity contribution is 7.16. The molecule has 3 rings (SSSR count). The molecular weight excluding hydrogens is 344 g/mol. The fourth-order valence-corrected chi connectivity index (χ4v) is 3.16.